The van der Waals surface area contributed by atoms with Crippen molar-refractivity contribution in [3.05, 3.63) is 28.0 Å². The first-order valence-corrected chi connectivity index (χ1v) is 6.72. The summed E-state index contributed by atoms with van der Waals surface area (Å²) in [7, 11) is 0. The molecule has 2 N–H and O–H groups in total. The summed E-state index contributed by atoms with van der Waals surface area (Å²) < 4.78 is 1.82. The Hall–Kier alpha value is -1.27. The van der Waals surface area contributed by atoms with E-state index in [-0.39, 0.29) is 0 Å². The van der Waals surface area contributed by atoms with Crippen molar-refractivity contribution in [2.75, 3.05) is 6.54 Å². The van der Waals surface area contributed by atoms with Crippen molar-refractivity contribution in [1.82, 2.24) is 20.0 Å². The van der Waals surface area contributed by atoms with Crippen molar-refractivity contribution in [2.24, 2.45) is 5.73 Å². The maximum absolute atomic E-state index is 5.47. The molecule has 92 valence electrons. The maximum Gasteiger partial charge on any atom is 0.0928 e. The van der Waals surface area contributed by atoms with Gasteiger partial charge in [-0.25, -0.2) is 9.67 Å². The number of aryl methyl sites for hydroxylation is 1. The highest BCUT2D eigenvalue weighted by atomic mass is 32.1. The summed E-state index contributed by atoms with van der Waals surface area (Å²) in [6.07, 6.45) is 4.90. The Morgan fingerprint density at radius 2 is 2.24 bits per heavy atom. The van der Waals surface area contributed by atoms with Crippen LogP contribution in [0.4, 0.5) is 0 Å². The molecule has 0 unspecified atom stereocenters. The monoisotopic (exact) mass is 251 g/mol. The van der Waals surface area contributed by atoms with E-state index in [4.69, 9.17) is 5.73 Å². The number of aromatic nitrogens is 4. The minimum atomic E-state index is 0.607. The lowest BCUT2D eigenvalue weighted by Crippen LogP contribution is -2.03. The second kappa shape index (κ2) is 5.88. The molecule has 0 fully saturated rings. The quantitative estimate of drug-likeness (QED) is 0.838. The Labute approximate surface area is 105 Å². The van der Waals surface area contributed by atoms with Gasteiger partial charge in [0.1, 0.15) is 0 Å². The Bertz CT molecular complexity index is 420. The third-order valence-corrected chi connectivity index (χ3v) is 3.33. The molecule has 0 aromatic carbocycles. The lowest BCUT2D eigenvalue weighted by molar-refractivity contribution is 0.639. The van der Waals surface area contributed by atoms with E-state index in [1.807, 2.05) is 10.9 Å². The molecule has 5 nitrogen and oxygen atoms in total. The number of nitrogens with two attached hydrogens (primary N) is 1. The average molecular weight is 251 g/mol. The molecule has 2 aromatic heterocycles. The molecule has 0 atom stereocenters. The van der Waals surface area contributed by atoms with Crippen LogP contribution in [0.2, 0.25) is 0 Å². The van der Waals surface area contributed by atoms with Crippen LogP contribution in [0, 0.1) is 0 Å². The summed E-state index contributed by atoms with van der Waals surface area (Å²) in [5, 5.41) is 11.4. The second-order valence-corrected chi connectivity index (χ2v) is 4.87. The third kappa shape index (κ3) is 3.34. The van der Waals surface area contributed by atoms with Crippen molar-refractivity contribution < 1.29 is 0 Å². The molecule has 0 spiro atoms. The Balaban J connectivity index is 1.98. The summed E-state index contributed by atoms with van der Waals surface area (Å²) >= 11 is 1.72. The van der Waals surface area contributed by atoms with E-state index in [0.29, 0.717) is 13.1 Å². The van der Waals surface area contributed by atoms with Crippen molar-refractivity contribution in [3.8, 4) is 0 Å². The zero-order valence-electron chi connectivity index (χ0n) is 9.96. The summed E-state index contributed by atoms with van der Waals surface area (Å²) in [5.74, 6) is 0. The van der Waals surface area contributed by atoms with Gasteiger partial charge in [-0.3, -0.25) is 0 Å². The van der Waals surface area contributed by atoms with E-state index < -0.39 is 0 Å². The normalized spacial score (nSPS) is 10.9. The van der Waals surface area contributed by atoms with Crippen LogP contribution in [0.25, 0.3) is 0 Å². The van der Waals surface area contributed by atoms with Crippen LogP contribution in [0.1, 0.15) is 29.7 Å². The van der Waals surface area contributed by atoms with Crippen molar-refractivity contribution in [1.29, 1.82) is 0 Å². The molecule has 0 bridgehead atoms. The fourth-order valence-corrected chi connectivity index (χ4v) is 2.49. The minimum Gasteiger partial charge on any atom is -0.330 e. The maximum atomic E-state index is 5.47. The molecule has 0 amide bonds. The van der Waals surface area contributed by atoms with Crippen LogP contribution in [0.5, 0.6) is 0 Å². The predicted octanol–water partition coefficient (Wildman–Crippen LogP) is 1.24. The molecular weight excluding hydrogens is 234 g/mol. The average Bonchev–Trinajstić information content (AvgIpc) is 2.91. The molecule has 2 rings (SSSR count). The molecule has 6 heteroatoms. The molecule has 2 aromatic rings. The second-order valence-electron chi connectivity index (χ2n) is 3.93. The number of thiazole rings is 1. The van der Waals surface area contributed by atoms with Gasteiger partial charge >= 0.3 is 0 Å². The zero-order chi connectivity index (χ0) is 12.1. The van der Waals surface area contributed by atoms with Gasteiger partial charge in [-0.15, -0.1) is 16.4 Å². The highest BCUT2D eigenvalue weighted by Gasteiger charge is 2.04. The smallest absolute Gasteiger partial charge is 0.0928 e. The molecule has 2 heterocycles. The van der Waals surface area contributed by atoms with Gasteiger partial charge in [0.05, 0.1) is 22.9 Å². The molecule has 0 saturated heterocycles. The summed E-state index contributed by atoms with van der Waals surface area (Å²) in [6.45, 7) is 3.46. The molecular formula is C11H17N5S. The van der Waals surface area contributed by atoms with Gasteiger partial charge < -0.3 is 5.73 Å². The van der Waals surface area contributed by atoms with Crippen molar-refractivity contribution in [3.63, 3.8) is 0 Å². The van der Waals surface area contributed by atoms with Crippen LogP contribution < -0.4 is 5.73 Å². The van der Waals surface area contributed by atoms with Crippen LogP contribution in [-0.4, -0.2) is 26.5 Å². The van der Waals surface area contributed by atoms with Crippen LogP contribution in [0.15, 0.2) is 11.6 Å². The van der Waals surface area contributed by atoms with Gasteiger partial charge in [0.25, 0.3) is 0 Å². The number of rotatable bonds is 6. The van der Waals surface area contributed by atoms with Crippen LogP contribution in [0.3, 0.4) is 0 Å². The van der Waals surface area contributed by atoms with Crippen LogP contribution in [-0.2, 0) is 19.4 Å². The topological polar surface area (TPSA) is 69.6 Å². The summed E-state index contributed by atoms with van der Waals surface area (Å²) in [5.41, 5.74) is 7.47. The number of hydrogen-bond donors (Lipinski definition) is 1. The lowest BCUT2D eigenvalue weighted by Gasteiger charge is -1.95. The highest BCUT2D eigenvalue weighted by Crippen LogP contribution is 2.12. The van der Waals surface area contributed by atoms with Gasteiger partial charge in [-0.2, -0.15) is 0 Å². The van der Waals surface area contributed by atoms with E-state index in [1.54, 1.807) is 11.3 Å². The van der Waals surface area contributed by atoms with Gasteiger partial charge in [0.2, 0.25) is 0 Å². The van der Waals surface area contributed by atoms with E-state index in [1.165, 1.54) is 5.01 Å². The standard InChI is InChI=1S/C11H17N5S/c1-2-3-11-13-10(8-17-11)7-16-6-9(4-5-12)14-15-16/h6,8H,2-5,7,12H2,1H3. The van der Waals surface area contributed by atoms with Gasteiger partial charge in [-0.05, 0) is 19.4 Å². The molecule has 0 aliphatic rings. The van der Waals surface area contributed by atoms with E-state index >= 15 is 0 Å². The Morgan fingerprint density at radius 1 is 1.35 bits per heavy atom. The van der Waals surface area contributed by atoms with Crippen LogP contribution >= 0.6 is 11.3 Å². The minimum absolute atomic E-state index is 0.607. The largest absolute Gasteiger partial charge is 0.330 e. The van der Waals surface area contributed by atoms with Crippen molar-refractivity contribution in [2.45, 2.75) is 32.7 Å². The SMILES string of the molecule is CCCc1nc(Cn2cc(CCN)nn2)cs1. The molecule has 17 heavy (non-hydrogen) atoms. The molecule has 0 radical (unpaired) electrons. The van der Waals surface area contributed by atoms with Crippen molar-refractivity contribution >= 4 is 11.3 Å². The van der Waals surface area contributed by atoms with Gasteiger partial charge in [-0.1, -0.05) is 12.1 Å². The summed E-state index contributed by atoms with van der Waals surface area (Å²) in [4.78, 5) is 4.56. The Morgan fingerprint density at radius 3 is 3.00 bits per heavy atom. The van der Waals surface area contributed by atoms with E-state index in [0.717, 1.165) is 30.7 Å². The first kappa shape index (κ1) is 12.2. The van der Waals surface area contributed by atoms with E-state index in [9.17, 15) is 0 Å². The lowest BCUT2D eigenvalue weighted by atomic mass is 10.3. The van der Waals surface area contributed by atoms with E-state index in [2.05, 4.69) is 27.6 Å². The zero-order valence-corrected chi connectivity index (χ0v) is 10.8. The summed E-state index contributed by atoms with van der Waals surface area (Å²) in [6, 6.07) is 0. The molecule has 0 aliphatic heterocycles. The molecule has 0 saturated carbocycles. The highest BCUT2D eigenvalue weighted by molar-refractivity contribution is 7.09. The first-order valence-electron chi connectivity index (χ1n) is 5.84. The first-order chi connectivity index (χ1) is 8.31. The number of nitrogens with zero attached hydrogens (tertiary/aromatic N) is 4. The third-order valence-electron chi connectivity index (χ3n) is 2.37. The van der Waals surface area contributed by atoms with Gasteiger partial charge in [0, 0.05) is 18.0 Å². The fourth-order valence-electron chi connectivity index (χ4n) is 1.59. The number of hydrogen-bond acceptors (Lipinski definition) is 5. The fraction of sp³-hybridized carbons (Fsp3) is 0.545. The predicted molar refractivity (Wildman–Crippen MR) is 68.0 cm³/mol. The Kier molecular flexibility index (Phi) is 4.22. The van der Waals surface area contributed by atoms with Gasteiger partial charge in [0.15, 0.2) is 0 Å². The molecule has 0 aliphatic carbocycles.